The molecule has 0 rings (SSSR count). The zero-order valence-electron chi connectivity index (χ0n) is 18.1. The fourth-order valence-corrected chi connectivity index (χ4v) is 3.92. The lowest BCUT2D eigenvalue weighted by Crippen LogP contribution is -2.02. The zero-order chi connectivity index (χ0) is 19.3. The van der Waals surface area contributed by atoms with Gasteiger partial charge in [-0.2, -0.15) is 0 Å². The normalized spacial score (nSPS) is 12.4. The second-order valence-electron chi connectivity index (χ2n) is 8.33. The molecule has 0 aliphatic carbocycles. The number of carboxylic acids is 1. The van der Waals surface area contributed by atoms with Crippen LogP contribution in [-0.4, -0.2) is 11.1 Å². The van der Waals surface area contributed by atoms with Gasteiger partial charge < -0.3 is 5.11 Å². The quantitative estimate of drug-likeness (QED) is 0.206. The Kier molecular flexibility index (Phi) is 20.4. The van der Waals surface area contributed by atoms with Gasteiger partial charge in [0.15, 0.2) is 0 Å². The predicted octanol–water partition coefficient (Wildman–Crippen LogP) is 8.53. The summed E-state index contributed by atoms with van der Waals surface area (Å²) in [5, 5.41) is 8.80. The van der Waals surface area contributed by atoms with E-state index in [1.165, 1.54) is 109 Å². The highest BCUT2D eigenvalue weighted by molar-refractivity contribution is 5.66. The molecule has 0 saturated carbocycles. The van der Waals surface area contributed by atoms with E-state index in [1.54, 1.807) is 0 Å². The summed E-state index contributed by atoms with van der Waals surface area (Å²) < 4.78 is 0. The van der Waals surface area contributed by atoms with Gasteiger partial charge in [0, 0.05) is 6.42 Å². The van der Waals surface area contributed by atoms with Gasteiger partial charge in [0.1, 0.15) is 0 Å². The highest BCUT2D eigenvalue weighted by Gasteiger charge is 2.09. The van der Waals surface area contributed by atoms with E-state index in [1.807, 2.05) is 0 Å². The largest absolute Gasteiger partial charge is 0.481 e. The molecule has 0 fully saturated rings. The first-order valence-electron chi connectivity index (χ1n) is 11.9. The lowest BCUT2D eigenvalue weighted by Gasteiger charge is -2.17. The SMILES string of the molecule is CCCCCCCCCCC(CCCCCCCC)CCCCC(=O)O. The van der Waals surface area contributed by atoms with Gasteiger partial charge in [0.05, 0.1) is 0 Å². The fourth-order valence-electron chi connectivity index (χ4n) is 3.92. The summed E-state index contributed by atoms with van der Waals surface area (Å²) in [6.07, 6.45) is 25.8. The zero-order valence-corrected chi connectivity index (χ0v) is 18.1. The van der Waals surface area contributed by atoms with E-state index in [9.17, 15) is 4.79 Å². The van der Waals surface area contributed by atoms with Crippen LogP contribution in [-0.2, 0) is 4.79 Å². The van der Waals surface area contributed by atoms with Crippen LogP contribution in [0.15, 0.2) is 0 Å². The molecule has 156 valence electrons. The van der Waals surface area contributed by atoms with E-state index < -0.39 is 5.97 Å². The Hall–Kier alpha value is -0.530. The fraction of sp³-hybridized carbons (Fsp3) is 0.958. The molecule has 1 N–H and O–H groups in total. The Labute approximate surface area is 164 Å². The van der Waals surface area contributed by atoms with E-state index >= 15 is 0 Å². The maximum Gasteiger partial charge on any atom is 0.303 e. The van der Waals surface area contributed by atoms with Gasteiger partial charge in [-0.15, -0.1) is 0 Å². The molecule has 26 heavy (non-hydrogen) atoms. The van der Waals surface area contributed by atoms with Crippen LogP contribution in [0.4, 0.5) is 0 Å². The van der Waals surface area contributed by atoms with Gasteiger partial charge in [0.2, 0.25) is 0 Å². The molecule has 0 aromatic carbocycles. The lowest BCUT2D eigenvalue weighted by molar-refractivity contribution is -0.137. The Bertz CT molecular complexity index is 288. The van der Waals surface area contributed by atoms with Crippen LogP contribution in [0, 0.1) is 5.92 Å². The van der Waals surface area contributed by atoms with Crippen molar-refractivity contribution < 1.29 is 9.90 Å². The Balaban J connectivity index is 3.79. The van der Waals surface area contributed by atoms with Gasteiger partial charge in [-0.1, -0.05) is 129 Å². The highest BCUT2D eigenvalue weighted by Crippen LogP contribution is 2.24. The molecule has 2 nitrogen and oxygen atoms in total. The molecule has 0 aliphatic rings. The maximum absolute atomic E-state index is 10.7. The summed E-state index contributed by atoms with van der Waals surface area (Å²) >= 11 is 0. The van der Waals surface area contributed by atoms with Crippen LogP contribution < -0.4 is 0 Å². The van der Waals surface area contributed by atoms with E-state index in [2.05, 4.69) is 13.8 Å². The van der Waals surface area contributed by atoms with Crippen LogP contribution in [0.3, 0.4) is 0 Å². The Morgan fingerprint density at radius 1 is 0.577 bits per heavy atom. The topological polar surface area (TPSA) is 37.3 Å². The van der Waals surface area contributed by atoms with Crippen LogP contribution in [0.25, 0.3) is 0 Å². The molecule has 0 saturated heterocycles. The summed E-state index contributed by atoms with van der Waals surface area (Å²) in [5.74, 6) is 0.204. The second-order valence-corrected chi connectivity index (χ2v) is 8.33. The average molecular weight is 369 g/mol. The third-order valence-electron chi connectivity index (χ3n) is 5.68. The molecular formula is C24H48O2. The minimum atomic E-state index is -0.638. The standard InChI is InChI=1S/C24H48O2/c1-3-5-7-9-11-12-14-16-20-23(21-17-18-22-24(25)26)19-15-13-10-8-6-4-2/h23H,3-22H2,1-2H3,(H,25,26). The van der Waals surface area contributed by atoms with Gasteiger partial charge in [-0.3, -0.25) is 4.79 Å². The number of hydrogen-bond donors (Lipinski definition) is 1. The number of aliphatic carboxylic acids is 1. The molecule has 0 aliphatic heterocycles. The lowest BCUT2D eigenvalue weighted by atomic mass is 9.89. The summed E-state index contributed by atoms with van der Waals surface area (Å²) in [6, 6.07) is 0. The van der Waals surface area contributed by atoms with Crippen molar-refractivity contribution in [1.29, 1.82) is 0 Å². The number of hydrogen-bond acceptors (Lipinski definition) is 1. The molecule has 0 amide bonds. The predicted molar refractivity (Wildman–Crippen MR) is 115 cm³/mol. The van der Waals surface area contributed by atoms with Crippen molar-refractivity contribution in [3.63, 3.8) is 0 Å². The molecule has 0 aromatic heterocycles. The second kappa shape index (κ2) is 20.8. The first kappa shape index (κ1) is 25.5. The molecule has 1 atom stereocenters. The van der Waals surface area contributed by atoms with E-state index in [0.29, 0.717) is 6.42 Å². The third-order valence-corrected chi connectivity index (χ3v) is 5.68. The highest BCUT2D eigenvalue weighted by atomic mass is 16.4. The summed E-state index contributed by atoms with van der Waals surface area (Å²) in [6.45, 7) is 4.55. The van der Waals surface area contributed by atoms with Crippen LogP contribution in [0.1, 0.15) is 142 Å². The van der Waals surface area contributed by atoms with Crippen molar-refractivity contribution in [2.75, 3.05) is 0 Å². The first-order valence-corrected chi connectivity index (χ1v) is 11.9. The van der Waals surface area contributed by atoms with Gasteiger partial charge in [0.25, 0.3) is 0 Å². The molecule has 0 bridgehead atoms. The first-order chi connectivity index (χ1) is 12.7. The van der Waals surface area contributed by atoms with Crippen molar-refractivity contribution in [3.05, 3.63) is 0 Å². The van der Waals surface area contributed by atoms with Gasteiger partial charge in [-0.25, -0.2) is 0 Å². The number of unbranched alkanes of at least 4 members (excludes halogenated alkanes) is 13. The Morgan fingerprint density at radius 2 is 0.923 bits per heavy atom. The molecule has 2 heteroatoms. The van der Waals surface area contributed by atoms with Crippen LogP contribution in [0.5, 0.6) is 0 Å². The van der Waals surface area contributed by atoms with E-state index in [0.717, 1.165) is 18.8 Å². The van der Waals surface area contributed by atoms with Crippen molar-refractivity contribution in [1.82, 2.24) is 0 Å². The average Bonchev–Trinajstić information content (AvgIpc) is 2.62. The summed E-state index contributed by atoms with van der Waals surface area (Å²) in [4.78, 5) is 10.7. The minimum Gasteiger partial charge on any atom is -0.481 e. The van der Waals surface area contributed by atoms with Crippen molar-refractivity contribution >= 4 is 5.97 Å². The number of carboxylic acid groups (broad SMARTS) is 1. The van der Waals surface area contributed by atoms with E-state index in [-0.39, 0.29) is 0 Å². The molecular weight excluding hydrogens is 320 g/mol. The number of carbonyl (C=O) groups is 1. The smallest absolute Gasteiger partial charge is 0.303 e. The molecule has 0 radical (unpaired) electrons. The van der Waals surface area contributed by atoms with Crippen LogP contribution in [0.2, 0.25) is 0 Å². The summed E-state index contributed by atoms with van der Waals surface area (Å²) in [7, 11) is 0. The minimum absolute atomic E-state index is 0.349. The van der Waals surface area contributed by atoms with Crippen molar-refractivity contribution in [2.24, 2.45) is 5.92 Å². The molecule has 1 unspecified atom stereocenters. The Morgan fingerprint density at radius 3 is 1.31 bits per heavy atom. The summed E-state index contributed by atoms with van der Waals surface area (Å²) in [5.41, 5.74) is 0. The van der Waals surface area contributed by atoms with Gasteiger partial charge in [-0.05, 0) is 12.3 Å². The van der Waals surface area contributed by atoms with Crippen LogP contribution >= 0.6 is 0 Å². The maximum atomic E-state index is 10.7. The van der Waals surface area contributed by atoms with E-state index in [4.69, 9.17) is 5.11 Å². The monoisotopic (exact) mass is 368 g/mol. The van der Waals surface area contributed by atoms with Gasteiger partial charge >= 0.3 is 5.97 Å². The van der Waals surface area contributed by atoms with Crippen molar-refractivity contribution in [3.8, 4) is 0 Å². The molecule has 0 heterocycles. The third kappa shape index (κ3) is 19.8. The molecule has 0 spiro atoms. The number of rotatable bonds is 21. The molecule has 0 aromatic rings. The van der Waals surface area contributed by atoms with Crippen molar-refractivity contribution in [2.45, 2.75) is 142 Å².